The fourth-order valence-electron chi connectivity index (χ4n) is 3.48. The van der Waals surface area contributed by atoms with Gasteiger partial charge in [-0.3, -0.25) is 4.79 Å². The molecule has 1 N–H and O–H groups in total. The fourth-order valence-corrected chi connectivity index (χ4v) is 4.65. The summed E-state index contributed by atoms with van der Waals surface area (Å²) in [6.07, 6.45) is 0. The Balaban J connectivity index is 1.31. The lowest BCUT2D eigenvalue weighted by Crippen LogP contribution is -2.47. The van der Waals surface area contributed by atoms with Gasteiger partial charge in [-0.15, -0.1) is 0 Å². The lowest BCUT2D eigenvalue weighted by molar-refractivity contribution is -0.118. The second-order valence-corrected chi connectivity index (χ2v) is 9.19. The number of aromatic nitrogens is 2. The van der Waals surface area contributed by atoms with Crippen molar-refractivity contribution in [3.8, 4) is 0 Å². The van der Waals surface area contributed by atoms with Crippen molar-refractivity contribution < 1.29 is 9.18 Å². The molecule has 0 atom stereocenters. The van der Waals surface area contributed by atoms with E-state index >= 15 is 0 Å². The summed E-state index contributed by atoms with van der Waals surface area (Å²) in [6, 6.07) is 15.6. The molecule has 1 aliphatic heterocycles. The van der Waals surface area contributed by atoms with E-state index in [1.54, 1.807) is 18.2 Å². The summed E-state index contributed by atoms with van der Waals surface area (Å²) >= 11 is 13.8. The maximum absolute atomic E-state index is 13.0. The Kier molecular flexibility index (Phi) is 7.90. The van der Waals surface area contributed by atoms with Crippen molar-refractivity contribution in [2.45, 2.75) is 11.7 Å². The third-order valence-electron chi connectivity index (χ3n) is 5.19. The Morgan fingerprint density at radius 1 is 1.00 bits per heavy atom. The van der Waals surface area contributed by atoms with E-state index in [9.17, 15) is 9.18 Å². The van der Waals surface area contributed by atoms with Crippen LogP contribution in [0, 0.1) is 5.82 Å². The third kappa shape index (κ3) is 6.50. The van der Waals surface area contributed by atoms with Crippen LogP contribution in [0.4, 0.5) is 15.9 Å². The van der Waals surface area contributed by atoms with E-state index in [0.29, 0.717) is 16.9 Å². The molecular formula is C23H22Cl2FN5OS. The molecule has 0 aliphatic carbocycles. The van der Waals surface area contributed by atoms with E-state index in [0.717, 1.165) is 48.3 Å². The van der Waals surface area contributed by atoms with E-state index in [-0.39, 0.29) is 17.5 Å². The SMILES string of the molecule is O=C(CSc1nc(Cl)cc(N2CCN(c3ccccc3Cl)CC2)n1)NCc1ccc(F)cc1. The zero-order valence-electron chi connectivity index (χ0n) is 17.7. The average molecular weight is 506 g/mol. The Hall–Kier alpha value is -2.55. The predicted octanol–water partition coefficient (Wildman–Crippen LogP) is 4.66. The summed E-state index contributed by atoms with van der Waals surface area (Å²) in [4.78, 5) is 25.5. The highest BCUT2D eigenvalue weighted by Gasteiger charge is 2.21. The number of nitrogens with zero attached hydrogens (tertiary/aromatic N) is 4. The standard InChI is InChI=1S/C23H22Cl2FN5OS/c24-18-3-1-2-4-19(18)30-9-11-31(12-10-30)21-13-20(25)28-23(29-21)33-15-22(32)27-14-16-5-7-17(26)8-6-16/h1-8,13H,9-12,14-15H2,(H,27,32). The van der Waals surface area contributed by atoms with Crippen molar-refractivity contribution in [3.05, 3.63) is 76.2 Å². The predicted molar refractivity (Wildman–Crippen MR) is 132 cm³/mol. The second-order valence-electron chi connectivity index (χ2n) is 7.45. The number of para-hydroxylation sites is 1. The number of carbonyl (C=O) groups is 1. The number of carbonyl (C=O) groups excluding carboxylic acids is 1. The second kappa shape index (κ2) is 11.0. The molecule has 1 fully saturated rings. The van der Waals surface area contributed by atoms with Gasteiger partial charge in [0.25, 0.3) is 0 Å². The van der Waals surface area contributed by atoms with Gasteiger partial charge in [0, 0.05) is 38.8 Å². The highest BCUT2D eigenvalue weighted by atomic mass is 35.5. The van der Waals surface area contributed by atoms with E-state index < -0.39 is 0 Å². The van der Waals surface area contributed by atoms with E-state index in [4.69, 9.17) is 23.2 Å². The third-order valence-corrected chi connectivity index (χ3v) is 6.55. The quantitative estimate of drug-likeness (QED) is 0.286. The molecule has 4 rings (SSSR count). The van der Waals surface area contributed by atoms with Gasteiger partial charge in [-0.25, -0.2) is 14.4 Å². The van der Waals surface area contributed by atoms with Crippen LogP contribution in [-0.4, -0.2) is 47.8 Å². The summed E-state index contributed by atoms with van der Waals surface area (Å²) in [5.74, 6) is 0.423. The molecule has 6 nitrogen and oxygen atoms in total. The maximum Gasteiger partial charge on any atom is 0.230 e. The minimum Gasteiger partial charge on any atom is -0.367 e. The van der Waals surface area contributed by atoms with Gasteiger partial charge in [-0.2, -0.15) is 0 Å². The molecule has 1 aromatic heterocycles. The van der Waals surface area contributed by atoms with Crippen LogP contribution in [0.15, 0.2) is 59.8 Å². The molecule has 0 radical (unpaired) electrons. The summed E-state index contributed by atoms with van der Waals surface area (Å²) in [5, 5.41) is 4.33. The summed E-state index contributed by atoms with van der Waals surface area (Å²) in [6.45, 7) is 3.47. The van der Waals surface area contributed by atoms with Gasteiger partial charge in [0.15, 0.2) is 5.16 Å². The zero-order valence-corrected chi connectivity index (χ0v) is 20.0. The van der Waals surface area contributed by atoms with Crippen LogP contribution in [0.25, 0.3) is 0 Å². The molecule has 0 unspecified atom stereocenters. The Morgan fingerprint density at radius 3 is 2.42 bits per heavy atom. The maximum atomic E-state index is 13.0. The molecule has 2 heterocycles. The first kappa shape index (κ1) is 23.6. The normalized spacial score (nSPS) is 13.8. The van der Waals surface area contributed by atoms with Crippen molar-refractivity contribution in [2.75, 3.05) is 41.7 Å². The van der Waals surface area contributed by atoms with E-state index in [2.05, 4.69) is 25.1 Å². The molecule has 3 aromatic rings. The minimum atomic E-state index is -0.306. The van der Waals surface area contributed by atoms with E-state index in [1.807, 2.05) is 24.3 Å². The van der Waals surface area contributed by atoms with Gasteiger partial charge < -0.3 is 15.1 Å². The molecule has 10 heteroatoms. The van der Waals surface area contributed by atoms with Crippen LogP contribution in [0.1, 0.15) is 5.56 Å². The Bertz CT molecular complexity index is 1110. The molecule has 0 bridgehead atoms. The first-order valence-corrected chi connectivity index (χ1v) is 12.1. The molecular weight excluding hydrogens is 484 g/mol. The van der Waals surface area contributed by atoms with Crippen LogP contribution < -0.4 is 15.1 Å². The van der Waals surface area contributed by atoms with E-state index in [1.165, 1.54) is 23.9 Å². The summed E-state index contributed by atoms with van der Waals surface area (Å²) in [5.41, 5.74) is 1.86. The molecule has 172 valence electrons. The first-order chi connectivity index (χ1) is 16.0. The van der Waals surface area contributed by atoms with Crippen molar-refractivity contribution in [1.82, 2.24) is 15.3 Å². The lowest BCUT2D eigenvalue weighted by Gasteiger charge is -2.37. The number of anilines is 2. The number of amides is 1. The van der Waals surface area contributed by atoms with Crippen LogP contribution in [-0.2, 0) is 11.3 Å². The first-order valence-electron chi connectivity index (χ1n) is 10.4. The smallest absolute Gasteiger partial charge is 0.230 e. The van der Waals surface area contributed by atoms with Gasteiger partial charge in [0.1, 0.15) is 16.8 Å². The topological polar surface area (TPSA) is 61.4 Å². The average Bonchev–Trinajstić information content (AvgIpc) is 2.82. The Labute approximate surface area is 206 Å². The number of nitrogens with one attached hydrogen (secondary N) is 1. The Morgan fingerprint density at radius 2 is 1.70 bits per heavy atom. The van der Waals surface area contributed by atoms with Gasteiger partial charge >= 0.3 is 0 Å². The molecule has 0 spiro atoms. The molecule has 1 amide bonds. The summed E-state index contributed by atoms with van der Waals surface area (Å²) < 4.78 is 13.0. The van der Waals surface area contributed by atoms with Gasteiger partial charge in [0.2, 0.25) is 5.91 Å². The summed E-state index contributed by atoms with van der Waals surface area (Å²) in [7, 11) is 0. The monoisotopic (exact) mass is 505 g/mol. The molecule has 0 saturated carbocycles. The van der Waals surface area contributed by atoms with Crippen LogP contribution in [0.3, 0.4) is 0 Å². The van der Waals surface area contributed by atoms with Crippen molar-refractivity contribution in [1.29, 1.82) is 0 Å². The van der Waals surface area contributed by atoms with Crippen LogP contribution >= 0.6 is 35.0 Å². The van der Waals surface area contributed by atoms with Crippen molar-refractivity contribution in [2.24, 2.45) is 0 Å². The zero-order chi connectivity index (χ0) is 23.2. The number of halogens is 3. The highest BCUT2D eigenvalue weighted by molar-refractivity contribution is 7.99. The highest BCUT2D eigenvalue weighted by Crippen LogP contribution is 2.28. The van der Waals surface area contributed by atoms with Gasteiger partial charge in [-0.1, -0.05) is 59.2 Å². The number of rotatable bonds is 7. The van der Waals surface area contributed by atoms with Gasteiger partial charge in [0.05, 0.1) is 16.5 Å². The number of benzene rings is 2. The van der Waals surface area contributed by atoms with Crippen LogP contribution in [0.5, 0.6) is 0 Å². The van der Waals surface area contributed by atoms with Gasteiger partial charge in [-0.05, 0) is 29.8 Å². The fraction of sp³-hybridized carbons (Fsp3) is 0.261. The number of piperazine rings is 1. The molecule has 1 aliphatic rings. The number of hydrogen-bond donors (Lipinski definition) is 1. The van der Waals surface area contributed by atoms with Crippen LogP contribution in [0.2, 0.25) is 10.2 Å². The van der Waals surface area contributed by atoms with Crippen molar-refractivity contribution >= 4 is 52.4 Å². The molecule has 2 aromatic carbocycles. The lowest BCUT2D eigenvalue weighted by atomic mass is 10.2. The molecule has 1 saturated heterocycles. The number of hydrogen-bond acceptors (Lipinski definition) is 6. The molecule has 33 heavy (non-hydrogen) atoms. The minimum absolute atomic E-state index is 0.154. The van der Waals surface area contributed by atoms with Crippen molar-refractivity contribution in [3.63, 3.8) is 0 Å². The largest absolute Gasteiger partial charge is 0.367 e. The number of thioether (sulfide) groups is 1.